The van der Waals surface area contributed by atoms with Crippen molar-refractivity contribution in [2.75, 3.05) is 20.7 Å². The first kappa shape index (κ1) is 47.7. The van der Waals surface area contributed by atoms with Crippen LogP contribution < -0.4 is 5.32 Å². The average molecular weight is 872 g/mol. The van der Waals surface area contributed by atoms with Crippen LogP contribution in [0.25, 0.3) is 17.0 Å². The maximum absolute atomic E-state index is 14.7. The molecule has 1 amide bonds. The molecule has 3 aliphatic rings. The molecule has 14 atom stereocenters. The Morgan fingerprint density at radius 1 is 1.00 bits per heavy atom. The van der Waals surface area contributed by atoms with Gasteiger partial charge in [-0.05, 0) is 90.9 Å². The second-order valence-electron chi connectivity index (χ2n) is 18.3. The van der Waals surface area contributed by atoms with Crippen LogP contribution in [0.4, 0.5) is 4.79 Å². The number of Topliss-reactive ketones (excluding diaryl/α,β-unsaturated/α-hetero) is 1. The lowest BCUT2D eigenvalue weighted by molar-refractivity contribution is -0.302. The highest BCUT2D eigenvalue weighted by atomic mass is 16.7. The third-order valence-corrected chi connectivity index (χ3v) is 13.3. The van der Waals surface area contributed by atoms with Gasteiger partial charge in [-0.25, -0.2) is 9.59 Å². The summed E-state index contributed by atoms with van der Waals surface area (Å²) in [5, 5.41) is 16.1. The second kappa shape index (κ2) is 20.0. The second-order valence-corrected chi connectivity index (χ2v) is 18.3. The van der Waals surface area contributed by atoms with Gasteiger partial charge in [-0.1, -0.05) is 76.2 Å². The zero-order valence-corrected chi connectivity index (χ0v) is 38.2. The van der Waals surface area contributed by atoms with E-state index in [0.717, 1.165) is 16.5 Å². The summed E-state index contributed by atoms with van der Waals surface area (Å²) in [5.41, 5.74) is -0.671. The smallest absolute Gasteiger partial charge is 0.408 e. The number of amides is 1. The van der Waals surface area contributed by atoms with Gasteiger partial charge in [0, 0.05) is 29.3 Å². The van der Waals surface area contributed by atoms with Crippen molar-refractivity contribution in [3.8, 4) is 0 Å². The number of pyridine rings is 1. The number of nitrogens with zero attached hydrogens (tertiary/aromatic N) is 2. The number of hydrogen-bond donors (Lipinski definition) is 2. The van der Waals surface area contributed by atoms with Crippen LogP contribution in [0.2, 0.25) is 0 Å². The van der Waals surface area contributed by atoms with Gasteiger partial charge >= 0.3 is 18.0 Å². The lowest BCUT2D eigenvalue weighted by Crippen LogP contribution is -2.61. The Morgan fingerprint density at radius 2 is 1.70 bits per heavy atom. The Morgan fingerprint density at radius 3 is 2.40 bits per heavy atom. The first-order valence-electron chi connectivity index (χ1n) is 22.2. The van der Waals surface area contributed by atoms with Crippen molar-refractivity contribution in [2.24, 2.45) is 23.7 Å². The van der Waals surface area contributed by atoms with E-state index < -0.39 is 89.7 Å². The molecule has 63 heavy (non-hydrogen) atoms. The molecule has 14 heteroatoms. The number of esters is 2. The van der Waals surface area contributed by atoms with Crippen LogP contribution in [0.15, 0.2) is 72.9 Å². The van der Waals surface area contributed by atoms with Crippen LogP contribution >= 0.6 is 0 Å². The number of carbonyl (C=O) groups is 4. The van der Waals surface area contributed by atoms with Crippen LogP contribution in [0, 0.1) is 23.7 Å². The monoisotopic (exact) mass is 871 g/mol. The maximum Gasteiger partial charge on any atom is 0.408 e. The van der Waals surface area contributed by atoms with Gasteiger partial charge in [-0.2, -0.15) is 0 Å². The number of rotatable bonds is 10. The van der Waals surface area contributed by atoms with E-state index in [1.807, 2.05) is 88.3 Å². The number of aliphatic hydroxyl groups is 1. The summed E-state index contributed by atoms with van der Waals surface area (Å²) >= 11 is 0. The molecule has 4 heterocycles. The molecule has 3 saturated heterocycles. The van der Waals surface area contributed by atoms with Crippen molar-refractivity contribution >= 4 is 40.8 Å². The molecule has 3 fully saturated rings. The van der Waals surface area contributed by atoms with Crippen molar-refractivity contribution in [2.45, 2.75) is 135 Å². The maximum atomic E-state index is 14.7. The number of hydrogen-bond acceptors (Lipinski definition) is 13. The fraction of sp³-hybridized carbons (Fsp3) is 0.571. The number of benzene rings is 2. The number of likely N-dealkylation sites (N-methyl/N-ethyl adjacent to an activating group) is 1. The van der Waals surface area contributed by atoms with E-state index in [1.165, 1.54) is 0 Å². The predicted octanol–water partition coefficient (Wildman–Crippen LogP) is 6.77. The molecule has 1 unspecified atom stereocenters. The van der Waals surface area contributed by atoms with Gasteiger partial charge < -0.3 is 43.7 Å². The molecular formula is C49H65N3O11. The first-order valence-corrected chi connectivity index (χ1v) is 22.2. The minimum Gasteiger partial charge on any atom is -0.458 e. The summed E-state index contributed by atoms with van der Waals surface area (Å²) in [6, 6.07) is 17.3. The third kappa shape index (κ3) is 10.5. The SMILES string of the molecule is CCC1OC(=O)[C@H](C)[C@@H](O)[C@H](C)[C@@H](O[C@@H]2O[C@H](C)C[C@H](N(C)C)[C@H]2OC(=O)c2ccccc2)[C@](C)(OC/C=C/c2cnc3ccccc3c2)C[C@@H](C)C(=O)[C@H](C)[C@H]2NC(=O)O[C@]12C. The van der Waals surface area contributed by atoms with E-state index in [2.05, 4.69) is 10.3 Å². The van der Waals surface area contributed by atoms with E-state index in [9.17, 15) is 24.3 Å². The predicted molar refractivity (Wildman–Crippen MR) is 236 cm³/mol. The van der Waals surface area contributed by atoms with E-state index in [0.29, 0.717) is 12.0 Å². The van der Waals surface area contributed by atoms with Crippen LogP contribution in [-0.2, 0) is 38.0 Å². The molecule has 2 N–H and O–H groups in total. The highest BCUT2D eigenvalue weighted by Gasteiger charge is 2.57. The molecule has 0 spiro atoms. The fourth-order valence-corrected chi connectivity index (χ4v) is 9.76. The molecule has 3 aliphatic heterocycles. The standard InChI is InChI=1S/C49H65N3O11/c1-11-38-49(8)42(51-47(57)63-49)30(4)39(53)28(2)26-48(7,58-23-17-18-33-25-35-21-15-16-22-36(35)50-27-33)43(31(5)40(54)32(6)44(55)60-38)62-46-41(37(52(9)10)24-29(3)59-46)61-45(56)34-19-13-12-14-20-34/h12-22,25,27-32,37-38,40-43,46,54H,11,23-24,26H2,1-10H3,(H,51,57)/b18-17+/t28-,29-,30+,31+,32-,37+,38?,40+,41-,42-,43-,46+,48-,49-/m1/s1. The number of carbonyl (C=O) groups excluding carboxylic acids is 4. The van der Waals surface area contributed by atoms with Gasteiger partial charge in [0.15, 0.2) is 18.0 Å². The van der Waals surface area contributed by atoms with Crippen LogP contribution in [0.1, 0.15) is 90.6 Å². The Balaban J connectivity index is 1.42. The van der Waals surface area contributed by atoms with Gasteiger partial charge in [-0.3, -0.25) is 14.6 Å². The summed E-state index contributed by atoms with van der Waals surface area (Å²) in [5.74, 6) is -4.89. The van der Waals surface area contributed by atoms with Crippen molar-refractivity contribution in [1.82, 2.24) is 15.2 Å². The van der Waals surface area contributed by atoms with Crippen molar-refractivity contribution < 1.29 is 52.7 Å². The molecule has 6 rings (SSSR count). The lowest BCUT2D eigenvalue weighted by Gasteiger charge is -2.49. The molecule has 0 radical (unpaired) electrons. The fourth-order valence-electron chi connectivity index (χ4n) is 9.76. The Labute approximate surface area is 371 Å². The Bertz CT molecular complexity index is 2120. The Hall–Kier alpha value is -4.73. The van der Waals surface area contributed by atoms with Crippen LogP contribution in [-0.4, -0.2) is 120 Å². The lowest BCUT2D eigenvalue weighted by atomic mass is 9.73. The zero-order chi connectivity index (χ0) is 45.8. The summed E-state index contributed by atoms with van der Waals surface area (Å²) in [6.07, 6.45) is -0.142. The van der Waals surface area contributed by atoms with Crippen LogP contribution in [0.3, 0.4) is 0 Å². The normalized spacial score (nSPS) is 35.7. The molecule has 0 bridgehead atoms. The highest BCUT2D eigenvalue weighted by molar-refractivity contribution is 5.89. The molecular weight excluding hydrogens is 807 g/mol. The minimum atomic E-state index is -1.38. The number of alkyl carbamates (subject to hydrolysis) is 1. The van der Waals surface area contributed by atoms with E-state index in [-0.39, 0.29) is 37.4 Å². The molecule has 1 aromatic heterocycles. The summed E-state index contributed by atoms with van der Waals surface area (Å²) in [7, 11) is 3.80. The van der Waals surface area contributed by atoms with Crippen LogP contribution in [0.5, 0.6) is 0 Å². The minimum absolute atomic E-state index is 0.0531. The number of para-hydroxylation sites is 1. The van der Waals surface area contributed by atoms with E-state index in [4.69, 9.17) is 28.4 Å². The molecule has 0 aliphatic carbocycles. The number of aromatic nitrogens is 1. The van der Waals surface area contributed by atoms with Gasteiger partial charge in [0.1, 0.15) is 11.9 Å². The molecule has 342 valence electrons. The van der Waals surface area contributed by atoms with Crippen molar-refractivity contribution in [1.29, 1.82) is 0 Å². The van der Waals surface area contributed by atoms with E-state index in [1.54, 1.807) is 65.1 Å². The molecule has 3 aromatic rings. The number of fused-ring (bicyclic) bond motifs is 2. The van der Waals surface area contributed by atoms with Gasteiger partial charge in [0.2, 0.25) is 0 Å². The number of nitrogens with one attached hydrogen (secondary N) is 1. The summed E-state index contributed by atoms with van der Waals surface area (Å²) in [6.45, 7) is 14.2. The average Bonchev–Trinajstić information content (AvgIpc) is 3.58. The topological polar surface area (TPSA) is 172 Å². The zero-order valence-electron chi connectivity index (χ0n) is 38.2. The number of ketones is 1. The Kier molecular flexibility index (Phi) is 15.1. The number of aliphatic hydroxyl groups excluding tert-OH is 1. The van der Waals surface area contributed by atoms with Gasteiger partial charge in [-0.15, -0.1) is 0 Å². The summed E-state index contributed by atoms with van der Waals surface area (Å²) in [4.78, 5) is 61.9. The first-order chi connectivity index (χ1) is 29.9. The van der Waals surface area contributed by atoms with Gasteiger partial charge in [0.05, 0.1) is 59.6 Å². The van der Waals surface area contributed by atoms with Crippen molar-refractivity contribution in [3.05, 3.63) is 84.1 Å². The van der Waals surface area contributed by atoms with E-state index >= 15 is 0 Å². The number of cyclic esters (lactones) is 1. The largest absolute Gasteiger partial charge is 0.458 e. The molecule has 14 nitrogen and oxygen atoms in total. The molecule has 0 saturated carbocycles. The van der Waals surface area contributed by atoms with Crippen molar-refractivity contribution in [3.63, 3.8) is 0 Å². The number of ether oxygens (including phenoxy) is 6. The molecule has 2 aromatic carbocycles. The van der Waals surface area contributed by atoms with Gasteiger partial charge in [0.25, 0.3) is 0 Å². The third-order valence-electron chi connectivity index (χ3n) is 13.3. The summed E-state index contributed by atoms with van der Waals surface area (Å²) < 4.78 is 38.7. The quantitative estimate of drug-likeness (QED) is 0.162. The highest BCUT2D eigenvalue weighted by Crippen LogP contribution is 2.41.